The molecular weight excluding hydrogens is 380 g/mol. The van der Waals surface area contributed by atoms with Gasteiger partial charge in [0.1, 0.15) is 0 Å². The third-order valence-electron chi connectivity index (χ3n) is 5.08. The summed E-state index contributed by atoms with van der Waals surface area (Å²) >= 11 is 0. The molecule has 0 bridgehead atoms. The molecule has 2 rings (SSSR count). The van der Waals surface area contributed by atoms with Gasteiger partial charge in [-0.1, -0.05) is 12.1 Å². The van der Waals surface area contributed by atoms with Gasteiger partial charge in [-0.25, -0.2) is 0 Å². The summed E-state index contributed by atoms with van der Waals surface area (Å²) in [6.07, 6.45) is 0.899. The highest BCUT2D eigenvalue weighted by Gasteiger charge is 2.32. The molecule has 1 heterocycles. The zero-order valence-corrected chi connectivity index (χ0v) is 17.8. The molecular formula is C19H30N4O4S. The Labute approximate surface area is 167 Å². The lowest BCUT2D eigenvalue weighted by atomic mass is 9.97. The second kappa shape index (κ2) is 9.49. The zero-order chi connectivity index (χ0) is 20.9. The van der Waals surface area contributed by atoms with Gasteiger partial charge in [0.15, 0.2) is 0 Å². The van der Waals surface area contributed by atoms with Gasteiger partial charge in [-0.05, 0) is 38.8 Å². The van der Waals surface area contributed by atoms with Crippen LogP contribution in [0, 0.1) is 5.92 Å². The Morgan fingerprint density at radius 3 is 2.21 bits per heavy atom. The van der Waals surface area contributed by atoms with Gasteiger partial charge in [0, 0.05) is 46.2 Å². The molecule has 1 aromatic rings. The number of carbonyl (C=O) groups excluding carboxylic acids is 2. The Hall–Kier alpha value is -1.97. The topological polar surface area (TPSA) is 90.0 Å². The van der Waals surface area contributed by atoms with E-state index in [-0.39, 0.29) is 17.7 Å². The SMILES string of the molecule is CCN(CC)C(=O)c1ccccc1NC(=O)C1CCN(S(=O)(=O)N(C)C)CC1. The van der Waals surface area contributed by atoms with E-state index in [0.717, 1.165) is 0 Å². The van der Waals surface area contributed by atoms with E-state index in [4.69, 9.17) is 0 Å². The Morgan fingerprint density at radius 1 is 1.11 bits per heavy atom. The minimum Gasteiger partial charge on any atom is -0.339 e. The maximum absolute atomic E-state index is 12.7. The first-order chi connectivity index (χ1) is 13.2. The molecule has 0 aromatic heterocycles. The number of rotatable bonds is 7. The number of anilines is 1. The number of benzene rings is 1. The molecule has 0 spiro atoms. The largest absolute Gasteiger partial charge is 0.339 e. The summed E-state index contributed by atoms with van der Waals surface area (Å²) in [7, 11) is -0.461. The standard InChI is InChI=1S/C19H30N4O4S/c1-5-22(6-2)19(25)16-9-7-8-10-17(16)20-18(24)15-11-13-23(14-12-15)28(26,27)21(3)4/h7-10,15H,5-6,11-14H2,1-4H3,(H,20,24). The van der Waals surface area contributed by atoms with Crippen molar-refractivity contribution < 1.29 is 18.0 Å². The third kappa shape index (κ3) is 4.89. The van der Waals surface area contributed by atoms with Crippen LogP contribution in [0.2, 0.25) is 0 Å². The maximum atomic E-state index is 12.7. The number of para-hydroxylation sites is 1. The maximum Gasteiger partial charge on any atom is 0.281 e. The van der Waals surface area contributed by atoms with E-state index in [9.17, 15) is 18.0 Å². The van der Waals surface area contributed by atoms with Crippen molar-refractivity contribution in [2.45, 2.75) is 26.7 Å². The Morgan fingerprint density at radius 2 is 1.68 bits per heavy atom. The molecule has 1 aliphatic rings. The smallest absolute Gasteiger partial charge is 0.281 e. The molecule has 28 heavy (non-hydrogen) atoms. The Kier molecular flexibility index (Phi) is 7.56. The van der Waals surface area contributed by atoms with Gasteiger partial charge in [0.2, 0.25) is 5.91 Å². The van der Waals surface area contributed by atoms with Crippen LogP contribution in [0.4, 0.5) is 5.69 Å². The summed E-state index contributed by atoms with van der Waals surface area (Å²) in [6.45, 7) is 5.63. The van der Waals surface area contributed by atoms with Crippen LogP contribution in [-0.2, 0) is 15.0 Å². The lowest BCUT2D eigenvalue weighted by Crippen LogP contribution is -2.46. The monoisotopic (exact) mass is 410 g/mol. The first-order valence-electron chi connectivity index (χ1n) is 9.59. The van der Waals surface area contributed by atoms with Crippen LogP contribution in [0.5, 0.6) is 0 Å². The van der Waals surface area contributed by atoms with Gasteiger partial charge in [0.05, 0.1) is 11.3 Å². The summed E-state index contributed by atoms with van der Waals surface area (Å²) in [5, 5.41) is 2.88. The fourth-order valence-corrected chi connectivity index (χ4v) is 4.41. The van der Waals surface area contributed by atoms with Crippen molar-refractivity contribution in [2.75, 3.05) is 45.6 Å². The van der Waals surface area contributed by atoms with E-state index >= 15 is 0 Å². The molecule has 8 nitrogen and oxygen atoms in total. The van der Waals surface area contributed by atoms with Gasteiger partial charge in [-0.3, -0.25) is 9.59 Å². The van der Waals surface area contributed by atoms with E-state index in [2.05, 4.69) is 5.32 Å². The van der Waals surface area contributed by atoms with Crippen LogP contribution in [-0.4, -0.2) is 74.0 Å². The van der Waals surface area contributed by atoms with Crippen LogP contribution in [0.1, 0.15) is 37.0 Å². The number of amides is 2. The average molecular weight is 411 g/mol. The molecule has 0 saturated carbocycles. The van der Waals surface area contributed by atoms with Crippen molar-refractivity contribution in [1.29, 1.82) is 0 Å². The van der Waals surface area contributed by atoms with E-state index in [1.54, 1.807) is 29.2 Å². The first kappa shape index (κ1) is 22.3. The quantitative estimate of drug-likeness (QED) is 0.740. The van der Waals surface area contributed by atoms with E-state index in [1.807, 2.05) is 13.8 Å². The number of nitrogens with one attached hydrogen (secondary N) is 1. The molecule has 1 aromatic carbocycles. The summed E-state index contributed by atoms with van der Waals surface area (Å²) in [4.78, 5) is 27.1. The minimum atomic E-state index is -3.46. The fourth-order valence-electron chi connectivity index (χ4n) is 3.27. The molecule has 0 aliphatic carbocycles. The van der Waals surface area contributed by atoms with Gasteiger partial charge >= 0.3 is 0 Å². The van der Waals surface area contributed by atoms with E-state index in [0.29, 0.717) is 50.3 Å². The predicted molar refractivity (Wildman–Crippen MR) is 109 cm³/mol. The van der Waals surface area contributed by atoms with Crippen LogP contribution in [0.3, 0.4) is 0 Å². The summed E-state index contributed by atoms with van der Waals surface area (Å²) < 4.78 is 27.0. The summed E-state index contributed by atoms with van der Waals surface area (Å²) in [5.74, 6) is -0.584. The van der Waals surface area contributed by atoms with Crippen molar-refractivity contribution in [3.05, 3.63) is 29.8 Å². The Bertz CT molecular complexity index is 798. The van der Waals surface area contributed by atoms with Crippen molar-refractivity contribution in [2.24, 2.45) is 5.92 Å². The predicted octanol–water partition coefficient (Wildman–Crippen LogP) is 1.63. The molecule has 0 atom stereocenters. The molecule has 1 saturated heterocycles. The highest BCUT2D eigenvalue weighted by molar-refractivity contribution is 7.86. The second-order valence-electron chi connectivity index (χ2n) is 6.98. The molecule has 0 radical (unpaired) electrons. The van der Waals surface area contributed by atoms with Crippen LogP contribution >= 0.6 is 0 Å². The number of piperidine rings is 1. The first-order valence-corrected chi connectivity index (χ1v) is 11.0. The third-order valence-corrected chi connectivity index (χ3v) is 7.02. The molecule has 0 unspecified atom stereocenters. The van der Waals surface area contributed by atoms with Crippen molar-refractivity contribution in [3.8, 4) is 0 Å². The average Bonchev–Trinajstić information content (AvgIpc) is 2.69. The van der Waals surface area contributed by atoms with Crippen molar-refractivity contribution in [1.82, 2.24) is 13.5 Å². The van der Waals surface area contributed by atoms with Crippen LogP contribution < -0.4 is 5.32 Å². The van der Waals surface area contributed by atoms with Crippen LogP contribution in [0.25, 0.3) is 0 Å². The molecule has 9 heteroatoms. The number of hydrogen-bond acceptors (Lipinski definition) is 4. The number of nitrogens with zero attached hydrogens (tertiary/aromatic N) is 3. The Balaban J connectivity index is 2.06. The second-order valence-corrected chi connectivity index (χ2v) is 9.12. The normalized spacial score (nSPS) is 16.2. The lowest BCUT2D eigenvalue weighted by Gasteiger charge is -2.32. The van der Waals surface area contributed by atoms with E-state index < -0.39 is 10.2 Å². The molecule has 2 amide bonds. The number of carbonyl (C=O) groups is 2. The molecule has 1 fully saturated rings. The van der Waals surface area contributed by atoms with Gasteiger partial charge in [-0.2, -0.15) is 17.0 Å². The highest BCUT2D eigenvalue weighted by Crippen LogP contribution is 2.24. The molecule has 1 N–H and O–H groups in total. The van der Waals surface area contributed by atoms with Crippen molar-refractivity contribution in [3.63, 3.8) is 0 Å². The van der Waals surface area contributed by atoms with Gasteiger partial charge in [0.25, 0.3) is 16.1 Å². The van der Waals surface area contributed by atoms with E-state index in [1.165, 1.54) is 22.7 Å². The highest BCUT2D eigenvalue weighted by atomic mass is 32.2. The zero-order valence-electron chi connectivity index (χ0n) is 17.0. The molecule has 156 valence electrons. The minimum absolute atomic E-state index is 0.118. The van der Waals surface area contributed by atoms with Crippen molar-refractivity contribution >= 4 is 27.7 Å². The number of hydrogen-bond donors (Lipinski definition) is 1. The summed E-state index contributed by atoms with van der Waals surface area (Å²) in [5.41, 5.74) is 0.958. The fraction of sp³-hybridized carbons (Fsp3) is 0.579. The summed E-state index contributed by atoms with van der Waals surface area (Å²) in [6, 6.07) is 6.99. The lowest BCUT2D eigenvalue weighted by molar-refractivity contribution is -0.120. The van der Waals surface area contributed by atoms with Gasteiger partial charge in [-0.15, -0.1) is 0 Å². The van der Waals surface area contributed by atoms with Gasteiger partial charge < -0.3 is 10.2 Å². The molecule has 1 aliphatic heterocycles. The van der Waals surface area contributed by atoms with Crippen LogP contribution in [0.15, 0.2) is 24.3 Å².